The number of methoxy groups -OCH3 is 1. The lowest BCUT2D eigenvalue weighted by Crippen LogP contribution is -2.50. The molecule has 0 radical (unpaired) electrons. The van der Waals surface area contributed by atoms with Gasteiger partial charge in [-0.3, -0.25) is 9.59 Å². The van der Waals surface area contributed by atoms with Gasteiger partial charge in [0.2, 0.25) is 5.91 Å². The first-order chi connectivity index (χ1) is 15.2. The van der Waals surface area contributed by atoms with Crippen LogP contribution in [0.5, 0.6) is 11.5 Å². The van der Waals surface area contributed by atoms with Crippen LogP contribution in [0.3, 0.4) is 0 Å². The Morgan fingerprint density at radius 3 is 2.28 bits per heavy atom. The van der Waals surface area contributed by atoms with Crippen molar-refractivity contribution in [3.05, 3.63) is 59.7 Å². The smallest absolute Gasteiger partial charge is 0.261 e. The third-order valence-electron chi connectivity index (χ3n) is 5.56. The standard InChI is InChI=1S/C26H36N2O4/c1-7-19(4)27-26(30)20(5)28(16-21-9-8-10-24(15-21)31-6)25(29)17-32-23-13-11-22(12-14-23)18(2)3/h8-15,18-20H,7,16-17H2,1-6H3,(H,27,30)/t19-,20+/m1/s1. The number of nitrogens with zero attached hydrogens (tertiary/aromatic N) is 1. The van der Waals surface area contributed by atoms with Crippen LogP contribution in [0.2, 0.25) is 0 Å². The predicted molar refractivity (Wildman–Crippen MR) is 127 cm³/mol. The molecule has 0 aliphatic carbocycles. The molecule has 2 aromatic rings. The maximum atomic E-state index is 13.1. The van der Waals surface area contributed by atoms with Crippen LogP contribution in [0.4, 0.5) is 0 Å². The molecule has 2 aromatic carbocycles. The molecular weight excluding hydrogens is 404 g/mol. The van der Waals surface area contributed by atoms with Crippen molar-refractivity contribution in [1.29, 1.82) is 0 Å². The van der Waals surface area contributed by atoms with Crippen molar-refractivity contribution in [2.45, 2.75) is 65.6 Å². The Bertz CT molecular complexity index is 880. The zero-order valence-electron chi connectivity index (χ0n) is 20.1. The van der Waals surface area contributed by atoms with Gasteiger partial charge >= 0.3 is 0 Å². The van der Waals surface area contributed by atoms with Gasteiger partial charge in [0.15, 0.2) is 6.61 Å². The molecule has 0 bridgehead atoms. The van der Waals surface area contributed by atoms with E-state index in [2.05, 4.69) is 19.2 Å². The molecule has 32 heavy (non-hydrogen) atoms. The Labute approximate surface area is 191 Å². The molecule has 0 aromatic heterocycles. The zero-order chi connectivity index (χ0) is 23.7. The molecule has 0 saturated carbocycles. The van der Waals surface area contributed by atoms with Crippen LogP contribution in [-0.2, 0) is 16.1 Å². The van der Waals surface area contributed by atoms with E-state index in [1.165, 1.54) is 5.56 Å². The first kappa shape index (κ1) is 25.2. The van der Waals surface area contributed by atoms with Crippen LogP contribution in [0.15, 0.2) is 48.5 Å². The van der Waals surface area contributed by atoms with E-state index >= 15 is 0 Å². The minimum atomic E-state index is -0.644. The number of hydrogen-bond acceptors (Lipinski definition) is 4. The SMILES string of the molecule is CC[C@@H](C)NC(=O)[C@H](C)N(Cc1cccc(OC)c1)C(=O)COc1ccc(C(C)C)cc1. The van der Waals surface area contributed by atoms with Crippen molar-refractivity contribution in [2.75, 3.05) is 13.7 Å². The van der Waals surface area contributed by atoms with Gasteiger partial charge in [-0.2, -0.15) is 0 Å². The van der Waals surface area contributed by atoms with Gasteiger partial charge in [-0.15, -0.1) is 0 Å². The molecule has 1 N–H and O–H groups in total. The summed E-state index contributed by atoms with van der Waals surface area (Å²) < 4.78 is 11.0. The average Bonchev–Trinajstić information content (AvgIpc) is 2.80. The molecule has 0 spiro atoms. The van der Waals surface area contributed by atoms with Crippen LogP contribution in [0.25, 0.3) is 0 Å². The molecule has 6 nitrogen and oxygen atoms in total. The van der Waals surface area contributed by atoms with E-state index in [-0.39, 0.29) is 31.0 Å². The van der Waals surface area contributed by atoms with Gasteiger partial charge < -0.3 is 19.7 Å². The second kappa shape index (κ2) is 12.1. The Hall–Kier alpha value is -3.02. The highest BCUT2D eigenvalue weighted by Gasteiger charge is 2.27. The molecule has 2 rings (SSSR count). The third kappa shape index (κ3) is 7.29. The first-order valence-corrected chi connectivity index (χ1v) is 11.2. The summed E-state index contributed by atoms with van der Waals surface area (Å²) in [6.45, 7) is 10.1. The molecule has 174 valence electrons. The summed E-state index contributed by atoms with van der Waals surface area (Å²) in [6, 6.07) is 14.6. The molecular formula is C26H36N2O4. The lowest BCUT2D eigenvalue weighted by atomic mass is 10.0. The third-order valence-corrected chi connectivity index (χ3v) is 5.56. The molecule has 0 aliphatic heterocycles. The van der Waals surface area contributed by atoms with Gasteiger partial charge in [0.25, 0.3) is 5.91 Å². The lowest BCUT2D eigenvalue weighted by molar-refractivity contribution is -0.142. The number of benzene rings is 2. The van der Waals surface area contributed by atoms with Crippen molar-refractivity contribution in [1.82, 2.24) is 10.2 Å². The van der Waals surface area contributed by atoms with E-state index < -0.39 is 6.04 Å². The van der Waals surface area contributed by atoms with E-state index in [0.717, 1.165) is 12.0 Å². The van der Waals surface area contributed by atoms with Gasteiger partial charge in [-0.05, 0) is 61.6 Å². The van der Waals surface area contributed by atoms with E-state index in [1.807, 2.05) is 62.4 Å². The maximum absolute atomic E-state index is 13.1. The number of carbonyl (C=O) groups excluding carboxylic acids is 2. The van der Waals surface area contributed by atoms with E-state index in [9.17, 15) is 9.59 Å². The summed E-state index contributed by atoms with van der Waals surface area (Å²) in [7, 11) is 1.60. The molecule has 2 amide bonds. The van der Waals surface area contributed by atoms with E-state index in [1.54, 1.807) is 18.9 Å². The van der Waals surface area contributed by atoms with Crippen molar-refractivity contribution in [3.8, 4) is 11.5 Å². The van der Waals surface area contributed by atoms with Crippen LogP contribution in [0.1, 0.15) is 58.1 Å². The lowest BCUT2D eigenvalue weighted by Gasteiger charge is -2.29. The van der Waals surface area contributed by atoms with Crippen LogP contribution < -0.4 is 14.8 Å². The highest BCUT2D eigenvalue weighted by Crippen LogP contribution is 2.20. The second-order valence-corrected chi connectivity index (χ2v) is 8.38. The molecule has 0 unspecified atom stereocenters. The van der Waals surface area contributed by atoms with E-state index in [0.29, 0.717) is 17.4 Å². The summed E-state index contributed by atoms with van der Waals surface area (Å²) in [5.74, 6) is 1.31. The minimum absolute atomic E-state index is 0.0365. The largest absolute Gasteiger partial charge is 0.497 e. The predicted octanol–water partition coefficient (Wildman–Crippen LogP) is 4.53. The summed E-state index contributed by atoms with van der Waals surface area (Å²) in [6.07, 6.45) is 0.817. The minimum Gasteiger partial charge on any atom is -0.497 e. The molecule has 0 heterocycles. The van der Waals surface area contributed by atoms with Crippen molar-refractivity contribution >= 4 is 11.8 Å². The van der Waals surface area contributed by atoms with Crippen LogP contribution in [0, 0.1) is 0 Å². The Balaban J connectivity index is 2.15. The molecule has 2 atom stereocenters. The number of hydrogen-bond donors (Lipinski definition) is 1. The van der Waals surface area contributed by atoms with Crippen molar-refractivity contribution in [2.24, 2.45) is 0 Å². The molecule has 6 heteroatoms. The summed E-state index contributed by atoms with van der Waals surface area (Å²) in [5, 5.41) is 2.97. The highest BCUT2D eigenvalue weighted by atomic mass is 16.5. The van der Waals surface area contributed by atoms with E-state index in [4.69, 9.17) is 9.47 Å². The number of rotatable bonds is 11. The van der Waals surface area contributed by atoms with Crippen molar-refractivity contribution < 1.29 is 19.1 Å². The van der Waals surface area contributed by atoms with Gasteiger partial charge in [0.05, 0.1) is 7.11 Å². The Morgan fingerprint density at radius 1 is 1.00 bits per heavy atom. The number of amides is 2. The fourth-order valence-electron chi connectivity index (χ4n) is 3.19. The number of ether oxygens (including phenoxy) is 2. The molecule has 0 aliphatic rings. The van der Waals surface area contributed by atoms with Crippen LogP contribution >= 0.6 is 0 Å². The highest BCUT2D eigenvalue weighted by molar-refractivity contribution is 5.88. The van der Waals surface area contributed by atoms with Gasteiger partial charge in [-0.1, -0.05) is 45.0 Å². The topological polar surface area (TPSA) is 67.9 Å². The monoisotopic (exact) mass is 440 g/mol. The maximum Gasteiger partial charge on any atom is 0.261 e. The normalized spacial score (nSPS) is 12.7. The van der Waals surface area contributed by atoms with Crippen LogP contribution in [-0.4, -0.2) is 42.5 Å². The van der Waals surface area contributed by atoms with Gasteiger partial charge in [0.1, 0.15) is 17.5 Å². The fraction of sp³-hybridized carbons (Fsp3) is 0.462. The average molecular weight is 441 g/mol. The number of carbonyl (C=O) groups is 2. The quantitative estimate of drug-likeness (QED) is 0.557. The number of nitrogens with one attached hydrogen (secondary N) is 1. The first-order valence-electron chi connectivity index (χ1n) is 11.2. The Morgan fingerprint density at radius 2 is 1.69 bits per heavy atom. The summed E-state index contributed by atoms with van der Waals surface area (Å²) in [4.78, 5) is 27.5. The summed E-state index contributed by atoms with van der Waals surface area (Å²) in [5.41, 5.74) is 2.08. The zero-order valence-corrected chi connectivity index (χ0v) is 20.1. The fourth-order valence-corrected chi connectivity index (χ4v) is 3.19. The van der Waals surface area contributed by atoms with Gasteiger partial charge in [0, 0.05) is 12.6 Å². The molecule has 0 fully saturated rings. The van der Waals surface area contributed by atoms with Gasteiger partial charge in [-0.25, -0.2) is 0 Å². The molecule has 0 saturated heterocycles. The van der Waals surface area contributed by atoms with Crippen molar-refractivity contribution in [3.63, 3.8) is 0 Å². The second-order valence-electron chi connectivity index (χ2n) is 8.38. The summed E-state index contributed by atoms with van der Waals surface area (Å²) >= 11 is 0. The Kier molecular flexibility index (Phi) is 9.57.